The van der Waals surface area contributed by atoms with E-state index in [1.165, 1.54) is 0 Å². The van der Waals surface area contributed by atoms with Crippen LogP contribution in [0.15, 0.2) is 35.4 Å². The molecule has 28 heavy (non-hydrogen) atoms. The molecule has 2 rings (SSSR count). The van der Waals surface area contributed by atoms with E-state index in [2.05, 4.69) is 33.9 Å². The van der Waals surface area contributed by atoms with Gasteiger partial charge in [0.1, 0.15) is 0 Å². The van der Waals surface area contributed by atoms with Crippen molar-refractivity contribution in [3.63, 3.8) is 0 Å². The van der Waals surface area contributed by atoms with Crippen molar-refractivity contribution in [2.24, 2.45) is 0 Å². The third-order valence-electron chi connectivity index (χ3n) is 5.88. The third-order valence-corrected chi connectivity index (χ3v) is 10.5. The van der Waals surface area contributed by atoms with Crippen molar-refractivity contribution in [3.8, 4) is 0 Å². The Morgan fingerprint density at radius 3 is 2.04 bits per heavy atom. The summed E-state index contributed by atoms with van der Waals surface area (Å²) in [7, 11) is -1.98. The van der Waals surface area contributed by atoms with Crippen LogP contribution in [-0.4, -0.2) is 38.7 Å². The monoisotopic (exact) mass is 402 g/mol. The number of hydrogen-bond acceptors (Lipinski definition) is 4. The lowest BCUT2D eigenvalue weighted by Gasteiger charge is -2.39. The predicted octanol–water partition coefficient (Wildman–Crippen LogP) is 5.59. The fourth-order valence-corrected chi connectivity index (χ4v) is 4.86. The highest BCUT2D eigenvalue weighted by atomic mass is 28.4. The molecule has 1 aromatic rings. The second kappa shape index (κ2) is 8.43. The Balaban J connectivity index is 2.43. The first-order valence-electron chi connectivity index (χ1n) is 10.1. The van der Waals surface area contributed by atoms with Crippen LogP contribution in [0.2, 0.25) is 18.1 Å². The minimum Gasteiger partial charge on any atom is -0.414 e. The maximum Gasteiger partial charge on any atom is 0.192 e. The molecular weight excluding hydrogens is 368 g/mol. The quantitative estimate of drug-likeness (QED) is 0.558. The predicted molar refractivity (Wildman–Crippen MR) is 116 cm³/mol. The van der Waals surface area contributed by atoms with E-state index in [9.17, 15) is 9.59 Å². The van der Waals surface area contributed by atoms with E-state index >= 15 is 0 Å². The number of benzene rings is 1. The summed E-state index contributed by atoms with van der Waals surface area (Å²) in [6.07, 6.45) is -0.162. The normalized spacial score (nSPS) is 17.6. The molecule has 0 N–H and O–H groups in total. The van der Waals surface area contributed by atoms with Gasteiger partial charge in [0, 0.05) is 41.4 Å². The molecule has 154 valence electrons. The number of ether oxygens (including phenoxy) is 1. The number of ketones is 2. The third kappa shape index (κ3) is 4.53. The van der Waals surface area contributed by atoms with Crippen LogP contribution < -0.4 is 0 Å². The second-order valence-corrected chi connectivity index (χ2v) is 13.8. The van der Waals surface area contributed by atoms with Crippen molar-refractivity contribution < 1.29 is 18.8 Å². The summed E-state index contributed by atoms with van der Waals surface area (Å²) in [5, 5.41) is 0.0794. The molecule has 2 unspecified atom stereocenters. The number of fused-ring (bicyclic) bond motifs is 1. The number of hydrogen-bond donors (Lipinski definition) is 0. The van der Waals surface area contributed by atoms with Crippen molar-refractivity contribution in [1.82, 2.24) is 0 Å². The molecule has 0 aromatic heterocycles. The van der Waals surface area contributed by atoms with Gasteiger partial charge in [-0.2, -0.15) is 0 Å². The summed E-state index contributed by atoms with van der Waals surface area (Å²) in [6.45, 7) is 17.2. The molecule has 4 nitrogen and oxygen atoms in total. The van der Waals surface area contributed by atoms with Crippen LogP contribution in [0.4, 0.5) is 0 Å². The van der Waals surface area contributed by atoms with E-state index in [0.29, 0.717) is 35.3 Å². The van der Waals surface area contributed by atoms with Crippen molar-refractivity contribution >= 4 is 19.9 Å². The standard InChI is InChI=1S/C23H34O4Si/c1-9-26-16(3)20-19(14-15(2)27-28(7,8)23(4,5)6)21(24)17-12-10-11-13-18(17)22(20)25/h10-13,15-16H,9,14H2,1-8H3. The average Bonchev–Trinajstić information content (AvgIpc) is 2.58. The van der Waals surface area contributed by atoms with Crippen LogP contribution >= 0.6 is 0 Å². The van der Waals surface area contributed by atoms with E-state index in [4.69, 9.17) is 9.16 Å². The Kier molecular flexibility index (Phi) is 6.85. The maximum atomic E-state index is 13.3. The Morgan fingerprint density at radius 1 is 1.00 bits per heavy atom. The fraction of sp³-hybridized carbons (Fsp3) is 0.565. The minimum atomic E-state index is -1.98. The molecule has 1 aliphatic carbocycles. The molecular formula is C23H34O4Si. The minimum absolute atomic E-state index is 0.0794. The van der Waals surface area contributed by atoms with E-state index in [1.54, 1.807) is 24.3 Å². The summed E-state index contributed by atoms with van der Waals surface area (Å²) in [5.41, 5.74) is 1.97. The lowest BCUT2D eigenvalue weighted by Crippen LogP contribution is -2.43. The summed E-state index contributed by atoms with van der Waals surface area (Å²) in [4.78, 5) is 26.5. The number of carbonyl (C=O) groups excluding carboxylic acids is 2. The van der Waals surface area contributed by atoms with Gasteiger partial charge in [0.25, 0.3) is 0 Å². The summed E-state index contributed by atoms with van der Waals surface area (Å²) >= 11 is 0. The Hall–Kier alpha value is -1.56. The molecule has 0 saturated carbocycles. The van der Waals surface area contributed by atoms with E-state index in [-0.39, 0.29) is 22.7 Å². The van der Waals surface area contributed by atoms with Gasteiger partial charge in [0.05, 0.1) is 6.10 Å². The molecule has 0 radical (unpaired) electrons. The summed E-state index contributed by atoms with van der Waals surface area (Å²) in [6, 6.07) is 7.05. The lowest BCUT2D eigenvalue weighted by atomic mass is 9.80. The number of Topliss-reactive ketones (excluding diaryl/α,β-unsaturated/α-hetero) is 2. The average molecular weight is 403 g/mol. The first kappa shape index (κ1) is 22.7. The van der Waals surface area contributed by atoms with Gasteiger partial charge < -0.3 is 9.16 Å². The highest BCUT2D eigenvalue weighted by Crippen LogP contribution is 2.39. The highest BCUT2D eigenvalue weighted by Gasteiger charge is 2.40. The Labute approximate surface area is 170 Å². The molecule has 5 heteroatoms. The summed E-state index contributed by atoms with van der Waals surface area (Å²) < 4.78 is 12.2. The van der Waals surface area contributed by atoms with Gasteiger partial charge in [0.2, 0.25) is 0 Å². The Morgan fingerprint density at radius 2 is 1.54 bits per heavy atom. The molecule has 0 saturated heterocycles. The van der Waals surface area contributed by atoms with Gasteiger partial charge in [0.15, 0.2) is 19.9 Å². The smallest absolute Gasteiger partial charge is 0.192 e. The molecule has 0 heterocycles. The van der Waals surface area contributed by atoms with Crippen molar-refractivity contribution in [2.75, 3.05) is 6.61 Å². The van der Waals surface area contributed by atoms with Gasteiger partial charge in [-0.15, -0.1) is 0 Å². The zero-order chi connectivity index (χ0) is 21.3. The van der Waals surface area contributed by atoms with Crippen LogP contribution in [0, 0.1) is 0 Å². The van der Waals surface area contributed by atoms with Crippen LogP contribution in [0.25, 0.3) is 0 Å². The largest absolute Gasteiger partial charge is 0.414 e. The van der Waals surface area contributed by atoms with Gasteiger partial charge in [-0.1, -0.05) is 45.0 Å². The Bertz CT molecular complexity index is 786. The lowest BCUT2D eigenvalue weighted by molar-refractivity contribution is 0.0797. The summed E-state index contributed by atoms with van der Waals surface area (Å²) in [5.74, 6) is -0.187. The highest BCUT2D eigenvalue weighted by molar-refractivity contribution is 6.74. The van der Waals surface area contributed by atoms with Crippen LogP contribution in [0.1, 0.15) is 68.7 Å². The zero-order valence-corrected chi connectivity index (χ0v) is 19.5. The molecule has 1 aliphatic rings. The van der Waals surface area contributed by atoms with Crippen LogP contribution in [-0.2, 0) is 9.16 Å². The molecule has 0 amide bonds. The molecule has 0 aliphatic heterocycles. The second-order valence-electron chi connectivity index (χ2n) is 9.09. The maximum absolute atomic E-state index is 13.3. The number of carbonyl (C=O) groups is 2. The van der Waals surface area contributed by atoms with Crippen molar-refractivity contribution in [1.29, 1.82) is 0 Å². The van der Waals surface area contributed by atoms with Gasteiger partial charge in [-0.25, -0.2) is 0 Å². The van der Waals surface area contributed by atoms with Crippen molar-refractivity contribution in [3.05, 3.63) is 46.5 Å². The molecule has 0 spiro atoms. The van der Waals surface area contributed by atoms with Gasteiger partial charge in [-0.3, -0.25) is 9.59 Å². The topological polar surface area (TPSA) is 52.6 Å². The molecule has 0 fully saturated rings. The van der Waals surface area contributed by atoms with Crippen LogP contribution in [0.3, 0.4) is 0 Å². The van der Waals surface area contributed by atoms with Crippen LogP contribution in [0.5, 0.6) is 0 Å². The van der Waals surface area contributed by atoms with Gasteiger partial charge >= 0.3 is 0 Å². The molecule has 0 bridgehead atoms. The number of rotatable bonds is 7. The first-order valence-corrected chi connectivity index (χ1v) is 13.0. The molecule has 2 atom stereocenters. The van der Waals surface area contributed by atoms with E-state index < -0.39 is 14.4 Å². The fourth-order valence-electron chi connectivity index (χ4n) is 3.42. The first-order chi connectivity index (χ1) is 12.9. The van der Waals surface area contributed by atoms with E-state index in [0.717, 1.165) is 0 Å². The SMILES string of the molecule is CCOC(C)C1=C(CC(C)O[Si](C)(C)C(C)(C)C)C(=O)c2ccccc2C1=O. The molecule has 1 aromatic carbocycles. The van der Waals surface area contributed by atoms with Gasteiger partial charge in [-0.05, 0) is 38.9 Å². The van der Waals surface area contributed by atoms with Crippen molar-refractivity contribution in [2.45, 2.75) is 78.3 Å². The zero-order valence-electron chi connectivity index (χ0n) is 18.5. The van der Waals surface area contributed by atoms with E-state index in [1.807, 2.05) is 20.8 Å².